The number of hydrogen-bond acceptors (Lipinski definition) is 5. The molecule has 1 aliphatic carbocycles. The van der Waals surface area contributed by atoms with Gasteiger partial charge < -0.3 is 30.5 Å². The van der Waals surface area contributed by atoms with Crippen LogP contribution in [0.15, 0.2) is 48.7 Å². The monoisotopic (exact) mass is 500 g/mol. The van der Waals surface area contributed by atoms with Crippen LogP contribution in [0, 0.1) is 12.3 Å². The number of allylic oxidation sites excluding steroid dienone is 1. The van der Waals surface area contributed by atoms with Gasteiger partial charge in [-0.25, -0.2) is 0 Å². The highest BCUT2D eigenvalue weighted by Crippen LogP contribution is 2.30. The van der Waals surface area contributed by atoms with Crippen molar-refractivity contribution >= 4 is 34.6 Å². The number of carbonyl (C=O) groups excluding carboxylic acids is 2. The maximum Gasteiger partial charge on any atom is 0.255 e. The van der Waals surface area contributed by atoms with Gasteiger partial charge in [-0.15, -0.1) is 0 Å². The molecule has 0 bridgehead atoms. The Morgan fingerprint density at radius 1 is 1.24 bits per heavy atom. The second-order valence-corrected chi connectivity index (χ2v) is 10.3. The van der Waals surface area contributed by atoms with Crippen molar-refractivity contribution in [3.05, 3.63) is 71.1 Å². The van der Waals surface area contributed by atoms with Gasteiger partial charge in [-0.1, -0.05) is 12.1 Å². The molecule has 1 saturated carbocycles. The Bertz CT molecular complexity index is 1400. The van der Waals surface area contributed by atoms with Gasteiger partial charge in [-0.05, 0) is 80.1 Å². The zero-order valence-corrected chi connectivity index (χ0v) is 21.1. The van der Waals surface area contributed by atoms with E-state index in [2.05, 4.69) is 10.3 Å². The van der Waals surface area contributed by atoms with Crippen molar-refractivity contribution in [1.29, 1.82) is 5.41 Å². The van der Waals surface area contributed by atoms with E-state index in [4.69, 9.17) is 10.1 Å². The number of aromatic nitrogens is 1. The summed E-state index contributed by atoms with van der Waals surface area (Å²) in [6.45, 7) is 4.37. The van der Waals surface area contributed by atoms with E-state index in [0.717, 1.165) is 36.2 Å². The first-order valence-corrected chi connectivity index (χ1v) is 12.7. The zero-order valence-electron chi connectivity index (χ0n) is 21.1. The van der Waals surface area contributed by atoms with E-state index >= 15 is 0 Å². The van der Waals surface area contributed by atoms with Crippen LogP contribution in [0.25, 0.3) is 16.5 Å². The first kappa shape index (κ1) is 24.8. The summed E-state index contributed by atoms with van der Waals surface area (Å²) in [4.78, 5) is 30.7. The summed E-state index contributed by atoms with van der Waals surface area (Å²) in [5, 5.41) is 22.7. The zero-order chi connectivity index (χ0) is 26.2. The van der Waals surface area contributed by atoms with Gasteiger partial charge in [0.05, 0.1) is 16.9 Å². The van der Waals surface area contributed by atoms with Crippen molar-refractivity contribution in [3.8, 4) is 5.75 Å². The summed E-state index contributed by atoms with van der Waals surface area (Å²) in [6, 6.07) is 11.4. The average Bonchev–Trinajstić information content (AvgIpc) is 3.41. The molecule has 2 fully saturated rings. The number of β-amino-alcohol motifs (C(OH)–C–C–N with tert-alkyl or cyclic N) is 1. The van der Waals surface area contributed by atoms with Gasteiger partial charge in [0, 0.05) is 43.2 Å². The molecular formula is C29H32N4O4. The SMILES string of the molecule is Cc1c(C(=O)N2CCC(C)(O)C2)c[nH]c1/C(=C\C=N)Oc1ccc2c(C(=O)NC3CCC3)cccc2c1. The summed E-state index contributed by atoms with van der Waals surface area (Å²) in [7, 11) is 0. The smallest absolute Gasteiger partial charge is 0.255 e. The molecule has 1 unspecified atom stereocenters. The summed E-state index contributed by atoms with van der Waals surface area (Å²) >= 11 is 0. The maximum absolute atomic E-state index is 13.1. The predicted molar refractivity (Wildman–Crippen MR) is 143 cm³/mol. The Morgan fingerprint density at radius 2 is 2.05 bits per heavy atom. The van der Waals surface area contributed by atoms with Crippen molar-refractivity contribution < 1.29 is 19.4 Å². The molecule has 2 aromatic carbocycles. The van der Waals surface area contributed by atoms with Crippen molar-refractivity contribution in [2.45, 2.75) is 51.2 Å². The summed E-state index contributed by atoms with van der Waals surface area (Å²) < 4.78 is 6.19. The minimum absolute atomic E-state index is 0.0629. The van der Waals surface area contributed by atoms with Crippen LogP contribution in [0.1, 0.15) is 64.6 Å². The molecule has 1 aliphatic heterocycles. The second-order valence-electron chi connectivity index (χ2n) is 10.3. The number of ether oxygens (including phenoxy) is 1. The van der Waals surface area contributed by atoms with Crippen molar-refractivity contribution in [1.82, 2.24) is 15.2 Å². The number of H-pyrrole nitrogens is 1. The molecule has 2 heterocycles. The number of carbonyl (C=O) groups is 2. The fraction of sp³-hybridized carbons (Fsp3) is 0.345. The van der Waals surface area contributed by atoms with Crippen LogP contribution in [0.2, 0.25) is 0 Å². The van der Waals surface area contributed by atoms with Crippen LogP contribution in [0.4, 0.5) is 0 Å². The number of hydrogen-bond donors (Lipinski definition) is 4. The maximum atomic E-state index is 13.1. The molecule has 8 heteroatoms. The number of benzene rings is 2. The molecule has 1 aromatic heterocycles. The topological polar surface area (TPSA) is 119 Å². The molecule has 3 aromatic rings. The van der Waals surface area contributed by atoms with E-state index in [-0.39, 0.29) is 17.9 Å². The Kier molecular flexibility index (Phi) is 6.60. The van der Waals surface area contributed by atoms with Gasteiger partial charge in [-0.2, -0.15) is 0 Å². The van der Waals surface area contributed by atoms with Gasteiger partial charge in [0.2, 0.25) is 0 Å². The second kappa shape index (κ2) is 9.86. The van der Waals surface area contributed by atoms with Gasteiger partial charge >= 0.3 is 0 Å². The largest absolute Gasteiger partial charge is 0.455 e. The highest BCUT2D eigenvalue weighted by atomic mass is 16.5. The summed E-state index contributed by atoms with van der Waals surface area (Å²) in [5.41, 5.74) is 1.58. The minimum atomic E-state index is -0.870. The van der Waals surface area contributed by atoms with Crippen molar-refractivity contribution in [2.75, 3.05) is 13.1 Å². The van der Waals surface area contributed by atoms with E-state index in [1.54, 1.807) is 24.1 Å². The Balaban J connectivity index is 1.38. The normalized spacial score (nSPS) is 20.1. The third-order valence-corrected chi connectivity index (χ3v) is 7.36. The molecule has 2 aliphatic rings. The number of amides is 2. The van der Waals surface area contributed by atoms with Crippen LogP contribution in [-0.4, -0.2) is 57.8 Å². The molecule has 37 heavy (non-hydrogen) atoms. The number of nitrogens with zero attached hydrogens (tertiary/aromatic N) is 1. The number of likely N-dealkylation sites (tertiary alicyclic amines) is 1. The van der Waals surface area contributed by atoms with E-state index in [1.807, 2.05) is 37.3 Å². The molecular weight excluding hydrogens is 468 g/mol. The summed E-state index contributed by atoms with van der Waals surface area (Å²) in [5.74, 6) is 0.741. The molecule has 0 radical (unpaired) electrons. The molecule has 8 nitrogen and oxygen atoms in total. The molecule has 0 spiro atoms. The molecule has 2 amide bonds. The molecule has 1 saturated heterocycles. The van der Waals surface area contributed by atoms with Crippen LogP contribution in [0.3, 0.4) is 0 Å². The molecule has 192 valence electrons. The number of nitrogens with one attached hydrogen (secondary N) is 3. The third kappa shape index (κ3) is 5.02. The quantitative estimate of drug-likeness (QED) is 0.284. The standard InChI is InChI=1S/C29H32N4O4/c1-18-24(28(35)33-14-12-29(2,36)17-33)16-31-26(18)25(11-13-30)37-21-9-10-22-19(15-21)5-3-8-23(22)27(34)32-20-6-4-7-20/h3,5,8-11,13,15-16,20,30-31,36H,4,6-7,12,14,17H2,1-2H3,(H,32,34)/b25-11+,30-13?. The highest BCUT2D eigenvalue weighted by Gasteiger charge is 2.35. The summed E-state index contributed by atoms with van der Waals surface area (Å²) in [6.07, 6.45) is 8.07. The lowest BCUT2D eigenvalue weighted by molar-refractivity contribution is 0.0572. The van der Waals surface area contributed by atoms with Crippen LogP contribution in [-0.2, 0) is 0 Å². The molecule has 5 rings (SSSR count). The van der Waals surface area contributed by atoms with Crippen molar-refractivity contribution in [2.24, 2.45) is 0 Å². The van der Waals surface area contributed by atoms with E-state index in [0.29, 0.717) is 53.4 Å². The third-order valence-electron chi connectivity index (χ3n) is 7.36. The van der Waals surface area contributed by atoms with Crippen LogP contribution >= 0.6 is 0 Å². The Labute approximate surface area is 215 Å². The van der Waals surface area contributed by atoms with Gasteiger partial charge in [0.1, 0.15) is 5.75 Å². The van der Waals surface area contributed by atoms with Gasteiger partial charge in [0.25, 0.3) is 11.8 Å². The molecule has 1 atom stereocenters. The van der Waals surface area contributed by atoms with Crippen LogP contribution < -0.4 is 10.1 Å². The van der Waals surface area contributed by atoms with Crippen LogP contribution in [0.5, 0.6) is 5.75 Å². The lowest BCUT2D eigenvalue weighted by Crippen LogP contribution is -2.39. The lowest BCUT2D eigenvalue weighted by Gasteiger charge is -2.26. The lowest BCUT2D eigenvalue weighted by atomic mass is 9.92. The first-order valence-electron chi connectivity index (χ1n) is 12.7. The average molecular weight is 501 g/mol. The predicted octanol–water partition coefficient (Wildman–Crippen LogP) is 4.42. The number of rotatable bonds is 7. The van der Waals surface area contributed by atoms with E-state index in [9.17, 15) is 14.7 Å². The van der Waals surface area contributed by atoms with E-state index < -0.39 is 5.60 Å². The Morgan fingerprint density at radius 3 is 2.73 bits per heavy atom. The molecule has 4 N–H and O–H groups in total. The first-order chi connectivity index (χ1) is 17.8. The van der Waals surface area contributed by atoms with Crippen molar-refractivity contribution in [3.63, 3.8) is 0 Å². The minimum Gasteiger partial charge on any atom is -0.455 e. The van der Waals surface area contributed by atoms with E-state index in [1.165, 1.54) is 6.08 Å². The number of fused-ring (bicyclic) bond motifs is 1. The fourth-order valence-electron chi connectivity index (χ4n) is 4.97. The highest BCUT2D eigenvalue weighted by molar-refractivity contribution is 6.07. The van der Waals surface area contributed by atoms with Gasteiger partial charge in [0.15, 0.2) is 5.76 Å². The fourth-order valence-corrected chi connectivity index (χ4v) is 4.97. The Hall–Kier alpha value is -3.91. The van der Waals surface area contributed by atoms with Gasteiger partial charge in [-0.3, -0.25) is 9.59 Å². The number of aliphatic hydroxyl groups is 1. The number of aromatic amines is 1.